The van der Waals surface area contributed by atoms with E-state index in [9.17, 15) is 14.4 Å². The molecular weight excluding hydrogens is 434 g/mol. The zero-order chi connectivity index (χ0) is 23.1. The molecule has 1 unspecified atom stereocenters. The molecule has 168 valence electrons. The van der Waals surface area contributed by atoms with Crippen molar-refractivity contribution in [2.75, 3.05) is 18.0 Å². The monoisotopic (exact) mass is 460 g/mol. The molecule has 0 fully saturated rings. The largest absolute Gasteiger partial charge is 0.501 e. The molecule has 0 saturated heterocycles. The minimum atomic E-state index is -0.490. The predicted octanol–water partition coefficient (Wildman–Crippen LogP) is 3.83. The topological polar surface area (TPSA) is 60.7 Å². The number of anilines is 1. The molecule has 4 amide bonds. The summed E-state index contributed by atoms with van der Waals surface area (Å²) in [6.07, 6.45) is 3.62. The van der Waals surface area contributed by atoms with Gasteiger partial charge >= 0.3 is 11.9 Å². The van der Waals surface area contributed by atoms with Crippen molar-refractivity contribution in [2.45, 2.75) is 38.5 Å². The maximum Gasteiger partial charge on any atom is 0.501 e. The van der Waals surface area contributed by atoms with Gasteiger partial charge in [0.15, 0.2) is 11.8 Å². The Morgan fingerprint density at radius 2 is 1.94 bits per heavy atom. The summed E-state index contributed by atoms with van der Waals surface area (Å²) in [5.41, 5.74) is 5.84. The molecule has 0 bridgehead atoms. The van der Waals surface area contributed by atoms with Crippen LogP contribution in [0.2, 0.25) is 0 Å². The van der Waals surface area contributed by atoms with Crippen LogP contribution >= 0.6 is 11.8 Å². The lowest BCUT2D eigenvalue weighted by molar-refractivity contribution is -0.426. The number of allylic oxidation sites excluding steroid dienone is 1. The summed E-state index contributed by atoms with van der Waals surface area (Å²) in [4.78, 5) is 43.1. The number of thioether (sulfide) groups is 1. The third kappa shape index (κ3) is 3.91. The number of imide groups is 1. The van der Waals surface area contributed by atoms with E-state index in [1.54, 1.807) is 11.0 Å². The van der Waals surface area contributed by atoms with E-state index >= 15 is 0 Å². The SMILES string of the molecule is Cc1ccc(CN2C(=O)C3SC=CC3=[N+](CC(=O)N3CCCc4ccccc43)C2=O)cc1C. The third-order valence-electron chi connectivity index (χ3n) is 6.60. The smallest absolute Gasteiger partial charge is 0.309 e. The van der Waals surface area contributed by atoms with Crippen LogP contribution in [0.5, 0.6) is 0 Å². The Bertz CT molecular complexity index is 1230. The Hall–Kier alpha value is -3.19. The van der Waals surface area contributed by atoms with Crippen molar-refractivity contribution in [3.05, 3.63) is 76.2 Å². The van der Waals surface area contributed by atoms with E-state index in [1.807, 2.05) is 61.7 Å². The number of benzene rings is 2. The van der Waals surface area contributed by atoms with Crippen LogP contribution < -0.4 is 4.90 Å². The van der Waals surface area contributed by atoms with Gasteiger partial charge in [-0.3, -0.25) is 4.79 Å². The van der Waals surface area contributed by atoms with Gasteiger partial charge in [-0.15, -0.1) is 11.8 Å². The first-order valence-electron chi connectivity index (χ1n) is 11.2. The van der Waals surface area contributed by atoms with E-state index < -0.39 is 11.3 Å². The minimum Gasteiger partial charge on any atom is -0.309 e. The Kier molecular flexibility index (Phi) is 5.66. The second-order valence-electron chi connectivity index (χ2n) is 8.73. The van der Waals surface area contributed by atoms with Crippen LogP contribution in [0, 0.1) is 13.8 Å². The number of urea groups is 1. The number of para-hydroxylation sites is 1. The second kappa shape index (κ2) is 8.63. The molecule has 3 aliphatic rings. The summed E-state index contributed by atoms with van der Waals surface area (Å²) >= 11 is 1.38. The first-order valence-corrected chi connectivity index (χ1v) is 12.1. The second-order valence-corrected chi connectivity index (χ2v) is 9.75. The van der Waals surface area contributed by atoms with Crippen LogP contribution in [0.15, 0.2) is 53.9 Å². The quantitative estimate of drug-likeness (QED) is 0.651. The molecule has 3 heterocycles. The van der Waals surface area contributed by atoms with Gasteiger partial charge in [-0.05, 0) is 66.5 Å². The van der Waals surface area contributed by atoms with Gasteiger partial charge in [0, 0.05) is 12.2 Å². The predicted molar refractivity (Wildman–Crippen MR) is 130 cm³/mol. The third-order valence-corrected chi connectivity index (χ3v) is 7.61. The van der Waals surface area contributed by atoms with Gasteiger partial charge in [0.2, 0.25) is 0 Å². The molecule has 1 atom stereocenters. The molecule has 33 heavy (non-hydrogen) atoms. The van der Waals surface area contributed by atoms with Crippen LogP contribution in [-0.2, 0) is 22.6 Å². The number of carbonyl (C=O) groups excluding carboxylic acids is 3. The molecule has 0 N–H and O–H groups in total. The fraction of sp³-hybridized carbons (Fsp3) is 0.308. The van der Waals surface area contributed by atoms with Crippen molar-refractivity contribution in [1.29, 1.82) is 0 Å². The standard InChI is InChI=1S/C26H26N3O3S/c1-17-9-10-19(14-18(17)2)15-29-25(31)24-22(11-13-33-24)28(26(29)32)16-23(30)27-12-5-7-20-6-3-4-8-21(20)27/h3-4,6,8-11,13-14,24H,5,7,12,15-16H2,1-2H3/q+1. The van der Waals surface area contributed by atoms with Crippen LogP contribution in [0.4, 0.5) is 10.5 Å². The average molecular weight is 461 g/mol. The van der Waals surface area contributed by atoms with E-state index in [4.69, 9.17) is 0 Å². The molecule has 2 aromatic carbocycles. The molecule has 0 spiro atoms. The molecule has 3 aliphatic heterocycles. The maximum atomic E-state index is 13.5. The number of fused-ring (bicyclic) bond motifs is 2. The molecule has 0 aromatic heterocycles. The van der Waals surface area contributed by atoms with Crippen molar-refractivity contribution in [1.82, 2.24) is 4.90 Å². The van der Waals surface area contributed by atoms with Gasteiger partial charge in [-0.2, -0.15) is 14.3 Å². The zero-order valence-corrected chi connectivity index (χ0v) is 19.6. The van der Waals surface area contributed by atoms with Gasteiger partial charge in [0.05, 0.1) is 0 Å². The van der Waals surface area contributed by atoms with Crippen molar-refractivity contribution >= 4 is 41.0 Å². The Morgan fingerprint density at radius 1 is 1.12 bits per heavy atom. The highest BCUT2D eigenvalue weighted by atomic mass is 32.2. The van der Waals surface area contributed by atoms with Crippen LogP contribution in [0.1, 0.15) is 28.7 Å². The number of hydrogen-bond donors (Lipinski definition) is 0. The molecular formula is C26H26N3O3S+. The fourth-order valence-electron chi connectivity index (χ4n) is 4.66. The van der Waals surface area contributed by atoms with Gasteiger partial charge in [0.25, 0.3) is 5.91 Å². The van der Waals surface area contributed by atoms with E-state index in [2.05, 4.69) is 0 Å². The van der Waals surface area contributed by atoms with Gasteiger partial charge in [-0.1, -0.05) is 36.4 Å². The van der Waals surface area contributed by atoms with Crippen LogP contribution in [0.25, 0.3) is 0 Å². The van der Waals surface area contributed by atoms with Crippen molar-refractivity contribution in [3.63, 3.8) is 0 Å². The van der Waals surface area contributed by atoms with E-state index in [0.717, 1.165) is 40.8 Å². The van der Waals surface area contributed by atoms with Crippen molar-refractivity contribution < 1.29 is 19.0 Å². The Balaban J connectivity index is 1.44. The van der Waals surface area contributed by atoms with Gasteiger partial charge in [0.1, 0.15) is 12.3 Å². The first kappa shape index (κ1) is 21.6. The summed E-state index contributed by atoms with van der Waals surface area (Å²) in [5, 5.41) is 1.34. The summed E-state index contributed by atoms with van der Waals surface area (Å²) in [7, 11) is 0. The van der Waals surface area contributed by atoms with Gasteiger partial charge in [-0.25, -0.2) is 4.79 Å². The summed E-state index contributed by atoms with van der Waals surface area (Å²) in [6.45, 7) is 4.79. The minimum absolute atomic E-state index is 0.0827. The zero-order valence-electron chi connectivity index (χ0n) is 18.8. The summed E-state index contributed by atoms with van der Waals surface area (Å²) < 4.78 is 1.49. The maximum absolute atomic E-state index is 13.5. The van der Waals surface area contributed by atoms with Gasteiger partial charge < -0.3 is 4.90 Å². The van der Waals surface area contributed by atoms with E-state index in [-0.39, 0.29) is 24.9 Å². The number of nitrogens with zero attached hydrogens (tertiary/aromatic N) is 3. The molecule has 0 radical (unpaired) electrons. The first-order chi connectivity index (χ1) is 15.9. The molecule has 5 rings (SSSR count). The molecule has 6 nitrogen and oxygen atoms in total. The number of rotatable bonds is 4. The van der Waals surface area contributed by atoms with E-state index in [0.29, 0.717) is 12.3 Å². The molecule has 0 aliphatic carbocycles. The number of carbonyl (C=O) groups is 3. The van der Waals surface area contributed by atoms with Crippen molar-refractivity contribution in [3.8, 4) is 0 Å². The average Bonchev–Trinajstić information content (AvgIpc) is 3.31. The van der Waals surface area contributed by atoms with Crippen molar-refractivity contribution in [2.24, 2.45) is 0 Å². The normalized spacial score (nSPS) is 19.8. The highest BCUT2D eigenvalue weighted by Gasteiger charge is 2.49. The lowest BCUT2D eigenvalue weighted by Crippen LogP contribution is -2.56. The van der Waals surface area contributed by atoms with Crippen LogP contribution in [-0.4, -0.2) is 51.4 Å². The van der Waals surface area contributed by atoms with Crippen LogP contribution in [0.3, 0.4) is 0 Å². The number of amides is 4. The highest BCUT2D eigenvalue weighted by Crippen LogP contribution is 2.30. The highest BCUT2D eigenvalue weighted by molar-refractivity contribution is 8.04. The summed E-state index contributed by atoms with van der Waals surface area (Å²) in [6, 6.07) is 13.4. The fourth-order valence-corrected chi connectivity index (χ4v) is 5.62. The molecule has 7 heteroatoms. The lowest BCUT2D eigenvalue weighted by atomic mass is 10.0. The number of aryl methyl sites for hydroxylation is 3. The molecule has 0 saturated carbocycles. The molecule has 2 aromatic rings. The lowest BCUT2D eigenvalue weighted by Gasteiger charge is -2.30. The number of hydrogen-bond acceptors (Lipinski definition) is 4. The summed E-state index contributed by atoms with van der Waals surface area (Å²) in [5.74, 6) is -0.359. The Morgan fingerprint density at radius 3 is 2.76 bits per heavy atom. The van der Waals surface area contributed by atoms with E-state index in [1.165, 1.54) is 21.2 Å². The Labute approximate surface area is 197 Å².